The number of hydrogen-bond donors (Lipinski definition) is 3. The molecule has 0 spiro atoms. The van der Waals surface area contributed by atoms with Crippen molar-refractivity contribution in [2.45, 2.75) is 48.9 Å². The lowest BCUT2D eigenvalue weighted by atomic mass is 9.93. The number of halogens is 1. The predicted molar refractivity (Wildman–Crippen MR) is 128 cm³/mol. The van der Waals surface area contributed by atoms with Crippen LogP contribution in [-0.4, -0.2) is 61.4 Å². The van der Waals surface area contributed by atoms with Gasteiger partial charge in [-0.05, 0) is 60.2 Å². The number of aromatic nitrogens is 4. The van der Waals surface area contributed by atoms with Crippen LogP contribution in [-0.2, 0) is 11.3 Å². The molecule has 10 nitrogen and oxygen atoms in total. The number of aliphatic hydroxyl groups is 1. The number of carbonyl (C=O) groups excluding carboxylic acids is 1. The van der Waals surface area contributed by atoms with Gasteiger partial charge in [0.1, 0.15) is 11.6 Å². The lowest BCUT2D eigenvalue weighted by Gasteiger charge is -2.32. The Balaban J connectivity index is 1.29. The minimum Gasteiger partial charge on any atom is -0.454 e. The molecule has 0 unspecified atom stereocenters. The Bertz CT molecular complexity index is 1280. The van der Waals surface area contributed by atoms with E-state index in [1.54, 1.807) is 11.2 Å². The minimum atomic E-state index is -0.945. The maximum Gasteiger partial charge on any atom is 0.251 e. The zero-order valence-electron chi connectivity index (χ0n) is 18.6. The van der Waals surface area contributed by atoms with Gasteiger partial charge in [0.25, 0.3) is 5.91 Å². The number of hydrogen-bond acceptors (Lipinski definition) is 8. The molecule has 5 rings (SSSR count). The van der Waals surface area contributed by atoms with Gasteiger partial charge >= 0.3 is 0 Å². The van der Waals surface area contributed by atoms with E-state index in [0.717, 1.165) is 35.2 Å². The van der Waals surface area contributed by atoms with E-state index in [1.165, 1.54) is 18.7 Å². The van der Waals surface area contributed by atoms with Crippen LogP contribution in [0.15, 0.2) is 33.0 Å². The van der Waals surface area contributed by atoms with Crippen LogP contribution < -0.4 is 15.0 Å². The van der Waals surface area contributed by atoms with E-state index in [-0.39, 0.29) is 18.2 Å². The molecular formula is C22H25BrN6O4S. The number of rotatable bonds is 6. The average molecular weight is 549 g/mol. The van der Waals surface area contributed by atoms with Crippen molar-refractivity contribution < 1.29 is 19.4 Å². The first-order chi connectivity index (χ1) is 16.4. The molecule has 34 heavy (non-hydrogen) atoms. The van der Waals surface area contributed by atoms with Crippen LogP contribution in [0.3, 0.4) is 0 Å². The summed E-state index contributed by atoms with van der Waals surface area (Å²) in [6, 6.07) is 3.79. The monoisotopic (exact) mass is 548 g/mol. The molecule has 2 aliphatic heterocycles. The lowest BCUT2D eigenvalue weighted by molar-refractivity contribution is -0.140. The molecule has 3 aromatic rings. The van der Waals surface area contributed by atoms with Crippen LogP contribution in [0, 0.1) is 11.3 Å². The van der Waals surface area contributed by atoms with Gasteiger partial charge in [-0.1, -0.05) is 11.8 Å². The number of ether oxygens (including phenoxy) is 2. The molecule has 1 amide bonds. The van der Waals surface area contributed by atoms with Crippen LogP contribution in [0.5, 0.6) is 11.5 Å². The zero-order valence-corrected chi connectivity index (χ0v) is 21.0. The summed E-state index contributed by atoms with van der Waals surface area (Å²) in [5, 5.41) is 18.4. The molecule has 0 aliphatic carbocycles. The molecule has 180 valence electrons. The molecule has 1 atom stereocenters. The molecule has 1 saturated heterocycles. The number of piperidine rings is 1. The summed E-state index contributed by atoms with van der Waals surface area (Å²) in [4.78, 5) is 26.9. The van der Waals surface area contributed by atoms with Gasteiger partial charge in [-0.2, -0.15) is 0 Å². The van der Waals surface area contributed by atoms with Crippen molar-refractivity contribution in [3.8, 4) is 11.5 Å². The van der Waals surface area contributed by atoms with E-state index in [0.29, 0.717) is 46.8 Å². The van der Waals surface area contributed by atoms with Gasteiger partial charge in [0.2, 0.25) is 6.79 Å². The van der Waals surface area contributed by atoms with Crippen molar-refractivity contribution in [1.29, 1.82) is 5.41 Å². The number of H-pyrrole nitrogens is 1. The molecule has 0 saturated carbocycles. The van der Waals surface area contributed by atoms with Crippen molar-refractivity contribution in [2.24, 2.45) is 5.92 Å². The summed E-state index contributed by atoms with van der Waals surface area (Å²) >= 11 is 5.02. The second-order valence-corrected chi connectivity index (χ2v) is 10.4. The van der Waals surface area contributed by atoms with E-state index in [9.17, 15) is 9.90 Å². The number of aliphatic hydroxyl groups excluding tert-OH is 1. The van der Waals surface area contributed by atoms with Crippen LogP contribution >= 0.6 is 27.7 Å². The third kappa shape index (κ3) is 4.66. The largest absolute Gasteiger partial charge is 0.454 e. The number of likely N-dealkylation sites (tertiary alicyclic amines) is 1. The fourth-order valence-corrected chi connectivity index (χ4v) is 5.66. The summed E-state index contributed by atoms with van der Waals surface area (Å²) < 4.78 is 13.8. The summed E-state index contributed by atoms with van der Waals surface area (Å²) in [6.07, 6.45) is 3.47. The molecule has 0 radical (unpaired) electrons. The van der Waals surface area contributed by atoms with Gasteiger partial charge in [-0.25, -0.2) is 9.97 Å². The Morgan fingerprint density at radius 2 is 2.09 bits per heavy atom. The van der Waals surface area contributed by atoms with E-state index in [4.69, 9.17) is 19.9 Å². The van der Waals surface area contributed by atoms with Crippen LogP contribution in [0.25, 0.3) is 11.2 Å². The average Bonchev–Trinajstić information content (AvgIpc) is 3.46. The second kappa shape index (κ2) is 9.59. The molecule has 0 bridgehead atoms. The van der Waals surface area contributed by atoms with Crippen molar-refractivity contribution in [1.82, 2.24) is 24.4 Å². The molecule has 4 heterocycles. The van der Waals surface area contributed by atoms with Gasteiger partial charge in [0.05, 0.1) is 6.33 Å². The molecule has 2 aliphatic rings. The van der Waals surface area contributed by atoms with Gasteiger partial charge in [0, 0.05) is 29.0 Å². The molecule has 3 N–H and O–H groups in total. The highest BCUT2D eigenvalue weighted by Crippen LogP contribution is 2.42. The Hall–Kier alpha value is -2.57. The number of aryl methyl sites for hydroxylation is 1. The van der Waals surface area contributed by atoms with E-state index in [2.05, 4.69) is 25.9 Å². The number of aromatic amines is 1. The van der Waals surface area contributed by atoms with Gasteiger partial charge in [-0.15, -0.1) is 0 Å². The Morgan fingerprint density at radius 3 is 2.82 bits per heavy atom. The molecule has 1 fully saturated rings. The lowest BCUT2D eigenvalue weighted by Crippen LogP contribution is -2.43. The van der Waals surface area contributed by atoms with Crippen LogP contribution in [0.1, 0.15) is 26.2 Å². The third-order valence-corrected chi connectivity index (χ3v) is 8.06. The highest BCUT2D eigenvalue weighted by molar-refractivity contribution is 9.10. The first-order valence-corrected chi connectivity index (χ1v) is 12.7. The Kier molecular flexibility index (Phi) is 6.54. The first-order valence-electron chi connectivity index (χ1n) is 11.1. The van der Waals surface area contributed by atoms with Gasteiger partial charge in [0.15, 0.2) is 27.8 Å². The smallest absolute Gasteiger partial charge is 0.251 e. The Morgan fingerprint density at radius 1 is 1.35 bits per heavy atom. The summed E-state index contributed by atoms with van der Waals surface area (Å²) in [5.41, 5.74) is 1.44. The number of benzene rings is 1. The number of nitrogens with one attached hydrogen (secondary N) is 2. The normalized spacial score (nSPS) is 16.9. The topological polar surface area (TPSA) is 129 Å². The van der Waals surface area contributed by atoms with Crippen LogP contribution in [0.2, 0.25) is 0 Å². The summed E-state index contributed by atoms with van der Waals surface area (Å²) in [5.74, 6) is 1.69. The summed E-state index contributed by atoms with van der Waals surface area (Å²) in [6.45, 7) is 3.80. The minimum absolute atomic E-state index is 0.153. The maximum absolute atomic E-state index is 12.0. The standard InChI is InChI=1S/C22H25BrN6O4S/c1-12(30)21(31)28-5-2-13(3-6-28)4-7-29-10-25-19(24)18-20(29)27-22(26-18)34-17-9-16-15(8-14(17)23)32-11-33-16/h8-10,12-13,24,30H,2-7,11H2,1H3,(H,26,27)/t12-/m0/s1. The number of amides is 1. The highest BCUT2D eigenvalue weighted by atomic mass is 79.9. The zero-order chi connectivity index (χ0) is 23.8. The van der Waals surface area contributed by atoms with E-state index < -0.39 is 6.10 Å². The predicted octanol–water partition coefficient (Wildman–Crippen LogP) is 2.89. The fourth-order valence-electron chi connectivity index (χ4n) is 4.28. The number of carbonyl (C=O) groups is 1. The quantitative estimate of drug-likeness (QED) is 0.431. The second-order valence-electron chi connectivity index (χ2n) is 8.50. The highest BCUT2D eigenvalue weighted by Gasteiger charge is 2.25. The first kappa shape index (κ1) is 23.2. The van der Waals surface area contributed by atoms with Crippen molar-refractivity contribution >= 4 is 44.8 Å². The Labute approximate surface area is 208 Å². The van der Waals surface area contributed by atoms with E-state index >= 15 is 0 Å². The number of imidazole rings is 1. The maximum atomic E-state index is 12.0. The summed E-state index contributed by atoms with van der Waals surface area (Å²) in [7, 11) is 0. The van der Waals surface area contributed by atoms with Crippen LogP contribution in [0.4, 0.5) is 0 Å². The number of nitrogens with zero attached hydrogens (tertiary/aromatic N) is 4. The van der Waals surface area contributed by atoms with Crippen molar-refractivity contribution in [2.75, 3.05) is 19.9 Å². The number of fused-ring (bicyclic) bond motifs is 2. The van der Waals surface area contributed by atoms with Gasteiger partial charge < -0.3 is 29.0 Å². The molecule has 1 aromatic carbocycles. The van der Waals surface area contributed by atoms with E-state index in [1.807, 2.05) is 16.7 Å². The molecular weight excluding hydrogens is 524 g/mol. The molecule has 2 aromatic heterocycles. The van der Waals surface area contributed by atoms with Gasteiger partial charge in [-0.3, -0.25) is 10.2 Å². The van der Waals surface area contributed by atoms with Crippen molar-refractivity contribution in [3.63, 3.8) is 0 Å². The van der Waals surface area contributed by atoms with Crippen molar-refractivity contribution in [3.05, 3.63) is 28.4 Å². The third-order valence-electron chi connectivity index (χ3n) is 6.19. The fraction of sp³-hybridized carbons (Fsp3) is 0.455. The molecule has 12 heteroatoms. The SMILES string of the molecule is C[C@H](O)C(=O)N1CCC(CCn2cnc(=N)c3[nH]c(Sc4cc5c(cc4Br)OCO5)nc32)CC1.